The number of ketones is 1. The Morgan fingerprint density at radius 3 is 3.00 bits per heavy atom. The van der Waals surface area contributed by atoms with Gasteiger partial charge in [0.1, 0.15) is 5.69 Å². The van der Waals surface area contributed by atoms with Crippen molar-refractivity contribution in [3.05, 3.63) is 29.6 Å². The summed E-state index contributed by atoms with van der Waals surface area (Å²) in [6, 6.07) is 3.78. The molecular weight excluding hydrogens is 218 g/mol. The molecule has 1 heterocycles. The highest BCUT2D eigenvalue weighted by atomic mass is 79.9. The predicted molar refractivity (Wildman–Crippen MR) is 51.7 cm³/mol. The monoisotopic (exact) mass is 227 g/mol. The van der Waals surface area contributed by atoms with Crippen molar-refractivity contribution in [3.8, 4) is 0 Å². The van der Waals surface area contributed by atoms with Gasteiger partial charge in [0, 0.05) is 6.20 Å². The molecule has 0 radical (unpaired) electrons. The van der Waals surface area contributed by atoms with Crippen LogP contribution in [0.25, 0.3) is 0 Å². The van der Waals surface area contributed by atoms with Gasteiger partial charge in [0.25, 0.3) is 0 Å². The van der Waals surface area contributed by atoms with Crippen LogP contribution in [0, 0.1) is 0 Å². The van der Waals surface area contributed by atoms with E-state index in [2.05, 4.69) is 20.9 Å². The molecule has 1 aromatic heterocycles. The van der Waals surface area contributed by atoms with Crippen LogP contribution in [0.15, 0.2) is 18.3 Å². The van der Waals surface area contributed by atoms with E-state index in [1.54, 1.807) is 6.20 Å². The van der Waals surface area contributed by atoms with Gasteiger partial charge in [-0.25, -0.2) is 0 Å². The van der Waals surface area contributed by atoms with Crippen LogP contribution < -0.4 is 0 Å². The number of aryl methyl sites for hydroxylation is 1. The minimum Gasteiger partial charge on any atom is -0.291 e. The van der Waals surface area contributed by atoms with Gasteiger partial charge < -0.3 is 0 Å². The van der Waals surface area contributed by atoms with Crippen LogP contribution in [0.5, 0.6) is 0 Å². The summed E-state index contributed by atoms with van der Waals surface area (Å²) >= 11 is 3.13. The average Bonchev–Trinajstić information content (AvgIpc) is 2.16. The lowest BCUT2D eigenvalue weighted by Crippen LogP contribution is -2.06. The van der Waals surface area contributed by atoms with Crippen molar-refractivity contribution >= 4 is 21.7 Å². The minimum absolute atomic E-state index is 0.0486. The van der Waals surface area contributed by atoms with E-state index < -0.39 is 0 Å². The molecule has 0 saturated heterocycles. The number of Topliss-reactive ketones (excluding diaryl/α,β-unsaturated/α-hetero) is 1. The first-order chi connectivity index (χ1) is 5.79. The van der Waals surface area contributed by atoms with Gasteiger partial charge in [-0.05, 0) is 18.1 Å². The highest BCUT2D eigenvalue weighted by Crippen LogP contribution is 2.07. The van der Waals surface area contributed by atoms with Crippen molar-refractivity contribution in [3.63, 3.8) is 0 Å². The summed E-state index contributed by atoms with van der Waals surface area (Å²) in [5, 5.41) is 0.344. The third kappa shape index (κ3) is 1.91. The van der Waals surface area contributed by atoms with Crippen molar-refractivity contribution < 1.29 is 4.79 Å². The zero-order valence-electron chi connectivity index (χ0n) is 6.88. The quantitative estimate of drug-likeness (QED) is 0.586. The van der Waals surface area contributed by atoms with Gasteiger partial charge in [0.2, 0.25) is 0 Å². The number of pyridine rings is 1. The third-order valence-corrected chi connectivity index (χ3v) is 2.17. The first-order valence-electron chi connectivity index (χ1n) is 3.82. The number of alkyl halides is 1. The van der Waals surface area contributed by atoms with Gasteiger partial charge in [0.05, 0.1) is 5.33 Å². The van der Waals surface area contributed by atoms with E-state index in [4.69, 9.17) is 0 Å². The summed E-state index contributed by atoms with van der Waals surface area (Å²) in [6.07, 6.45) is 2.50. The van der Waals surface area contributed by atoms with Crippen molar-refractivity contribution in [2.75, 3.05) is 5.33 Å². The summed E-state index contributed by atoms with van der Waals surface area (Å²) in [6.45, 7) is 2.02. The fourth-order valence-electron chi connectivity index (χ4n) is 1.04. The Labute approximate surface area is 80.1 Å². The summed E-state index contributed by atoms with van der Waals surface area (Å²) in [5.74, 6) is 0.0486. The maximum absolute atomic E-state index is 11.3. The standard InChI is InChI=1S/C9H10BrNO/c1-2-7-4-3-5-11-9(7)8(12)6-10/h3-5H,2,6H2,1H3. The van der Waals surface area contributed by atoms with Crippen molar-refractivity contribution in [2.45, 2.75) is 13.3 Å². The summed E-state index contributed by atoms with van der Waals surface area (Å²) in [7, 11) is 0. The molecule has 0 aliphatic carbocycles. The van der Waals surface area contributed by atoms with Gasteiger partial charge in [0.15, 0.2) is 5.78 Å². The highest BCUT2D eigenvalue weighted by molar-refractivity contribution is 9.09. The largest absolute Gasteiger partial charge is 0.291 e. The molecule has 0 unspecified atom stereocenters. The topological polar surface area (TPSA) is 30.0 Å². The third-order valence-electron chi connectivity index (χ3n) is 1.66. The van der Waals surface area contributed by atoms with Crippen LogP contribution in [-0.4, -0.2) is 16.1 Å². The summed E-state index contributed by atoms with van der Waals surface area (Å²) in [4.78, 5) is 15.3. The van der Waals surface area contributed by atoms with E-state index in [-0.39, 0.29) is 5.78 Å². The van der Waals surface area contributed by atoms with E-state index >= 15 is 0 Å². The molecule has 0 atom stereocenters. The molecule has 2 nitrogen and oxygen atoms in total. The molecule has 0 aliphatic rings. The lowest BCUT2D eigenvalue weighted by molar-refractivity contribution is 0.101. The number of hydrogen-bond donors (Lipinski definition) is 0. The van der Waals surface area contributed by atoms with Crippen LogP contribution in [0.1, 0.15) is 23.0 Å². The Hall–Kier alpha value is -0.700. The van der Waals surface area contributed by atoms with E-state index in [0.717, 1.165) is 12.0 Å². The molecule has 0 N–H and O–H groups in total. The van der Waals surface area contributed by atoms with E-state index in [1.165, 1.54) is 0 Å². The summed E-state index contributed by atoms with van der Waals surface area (Å²) < 4.78 is 0. The number of halogens is 1. The molecule has 64 valence electrons. The molecule has 0 aliphatic heterocycles. The molecule has 1 aromatic rings. The van der Waals surface area contributed by atoms with Crippen LogP contribution in [0.2, 0.25) is 0 Å². The smallest absolute Gasteiger partial charge is 0.191 e. The molecule has 0 aromatic carbocycles. The number of aromatic nitrogens is 1. The van der Waals surface area contributed by atoms with Crippen LogP contribution in [-0.2, 0) is 6.42 Å². The molecule has 12 heavy (non-hydrogen) atoms. The van der Waals surface area contributed by atoms with Gasteiger partial charge >= 0.3 is 0 Å². The maximum atomic E-state index is 11.3. The molecule has 0 spiro atoms. The van der Waals surface area contributed by atoms with Gasteiger partial charge in [-0.1, -0.05) is 28.9 Å². The van der Waals surface area contributed by atoms with E-state index in [0.29, 0.717) is 11.0 Å². The number of nitrogens with zero attached hydrogens (tertiary/aromatic N) is 1. The second kappa shape index (κ2) is 4.36. The first kappa shape index (κ1) is 9.39. The molecule has 0 saturated carbocycles. The Kier molecular flexibility index (Phi) is 3.41. The molecular formula is C9H10BrNO. The van der Waals surface area contributed by atoms with E-state index in [1.807, 2.05) is 19.1 Å². The van der Waals surface area contributed by atoms with E-state index in [9.17, 15) is 4.79 Å². The lowest BCUT2D eigenvalue weighted by atomic mass is 10.1. The number of hydrogen-bond acceptors (Lipinski definition) is 2. The van der Waals surface area contributed by atoms with Gasteiger partial charge in [-0.3, -0.25) is 9.78 Å². The van der Waals surface area contributed by atoms with Crippen LogP contribution in [0.3, 0.4) is 0 Å². The van der Waals surface area contributed by atoms with Crippen molar-refractivity contribution in [1.29, 1.82) is 0 Å². The lowest BCUT2D eigenvalue weighted by Gasteiger charge is -2.01. The Morgan fingerprint density at radius 1 is 1.67 bits per heavy atom. The average molecular weight is 228 g/mol. The Morgan fingerprint density at radius 2 is 2.42 bits per heavy atom. The summed E-state index contributed by atoms with van der Waals surface area (Å²) in [5.41, 5.74) is 1.61. The minimum atomic E-state index is 0.0486. The molecule has 0 amide bonds. The molecule has 0 bridgehead atoms. The maximum Gasteiger partial charge on any atom is 0.191 e. The van der Waals surface area contributed by atoms with Gasteiger partial charge in [-0.15, -0.1) is 0 Å². The Bertz CT molecular complexity index is 286. The number of carbonyl (C=O) groups excluding carboxylic acids is 1. The molecule has 0 fully saturated rings. The van der Waals surface area contributed by atoms with Crippen molar-refractivity contribution in [1.82, 2.24) is 4.98 Å². The molecule has 1 rings (SSSR count). The fraction of sp³-hybridized carbons (Fsp3) is 0.333. The van der Waals surface area contributed by atoms with Gasteiger partial charge in [-0.2, -0.15) is 0 Å². The second-order valence-electron chi connectivity index (χ2n) is 2.42. The predicted octanol–water partition coefficient (Wildman–Crippen LogP) is 2.22. The van der Waals surface area contributed by atoms with Crippen molar-refractivity contribution in [2.24, 2.45) is 0 Å². The fourth-order valence-corrected chi connectivity index (χ4v) is 1.30. The SMILES string of the molecule is CCc1cccnc1C(=O)CBr. The Balaban J connectivity index is 3.04. The number of carbonyl (C=O) groups is 1. The van der Waals surface area contributed by atoms with Crippen LogP contribution in [0.4, 0.5) is 0 Å². The molecule has 3 heteroatoms. The highest BCUT2D eigenvalue weighted by Gasteiger charge is 2.08. The zero-order chi connectivity index (χ0) is 8.97. The normalized spacial score (nSPS) is 9.83. The number of rotatable bonds is 3. The zero-order valence-corrected chi connectivity index (χ0v) is 8.47. The van der Waals surface area contributed by atoms with Crippen LogP contribution >= 0.6 is 15.9 Å². The first-order valence-corrected chi connectivity index (χ1v) is 4.94. The second-order valence-corrected chi connectivity index (χ2v) is 2.98.